The van der Waals surface area contributed by atoms with Crippen LogP contribution in [0.3, 0.4) is 0 Å². The Kier molecular flexibility index (Phi) is 2.63. The molecule has 0 spiro atoms. The summed E-state index contributed by atoms with van der Waals surface area (Å²) in [5.74, 6) is 0.691. The smallest absolute Gasteiger partial charge is 0.251 e. The van der Waals surface area contributed by atoms with Crippen LogP contribution in [-0.4, -0.2) is 30.0 Å². The van der Waals surface area contributed by atoms with Crippen LogP contribution in [0.1, 0.15) is 0 Å². The summed E-state index contributed by atoms with van der Waals surface area (Å²) in [6, 6.07) is 4.97. The van der Waals surface area contributed by atoms with Crippen molar-refractivity contribution in [3.8, 4) is 0 Å². The highest BCUT2D eigenvalue weighted by molar-refractivity contribution is 5.69. The van der Waals surface area contributed by atoms with Gasteiger partial charge in [0.25, 0.3) is 5.56 Å². The van der Waals surface area contributed by atoms with Gasteiger partial charge in [0.05, 0.1) is 14.1 Å². The van der Waals surface area contributed by atoms with Gasteiger partial charge in [-0.3, -0.25) is 14.4 Å². The van der Waals surface area contributed by atoms with Gasteiger partial charge in [-0.05, 0) is 0 Å². The van der Waals surface area contributed by atoms with Crippen molar-refractivity contribution in [3.63, 3.8) is 0 Å². The van der Waals surface area contributed by atoms with E-state index >= 15 is 0 Å². The van der Waals surface area contributed by atoms with E-state index in [9.17, 15) is 4.79 Å². The van der Waals surface area contributed by atoms with Crippen LogP contribution in [0.5, 0.6) is 0 Å². The Labute approximate surface area is 70.6 Å². The topological polar surface area (TPSA) is 47.9 Å². The maximum atomic E-state index is 10.8. The van der Waals surface area contributed by atoms with Crippen LogP contribution in [0, 0.1) is 0 Å². The van der Waals surface area contributed by atoms with Gasteiger partial charge in [-0.2, -0.15) is 0 Å². The minimum Gasteiger partial charge on any atom is -0.289 e. The summed E-state index contributed by atoms with van der Waals surface area (Å²) >= 11 is 0. The zero-order valence-corrected chi connectivity index (χ0v) is 7.16. The first-order valence-corrected chi connectivity index (χ1v) is 3.64. The van der Waals surface area contributed by atoms with Gasteiger partial charge in [-0.15, -0.1) is 0 Å². The molecule has 4 heteroatoms. The third kappa shape index (κ3) is 2.57. The van der Waals surface area contributed by atoms with Gasteiger partial charge >= 0.3 is 0 Å². The molecule has 0 amide bonds. The average Bonchev–Trinajstić information content (AvgIpc) is 2.01. The number of H-pyrrole nitrogens is 1. The summed E-state index contributed by atoms with van der Waals surface area (Å²) in [6.07, 6.45) is 1.76. The van der Waals surface area contributed by atoms with Crippen LogP contribution in [0.2, 0.25) is 0 Å². The maximum Gasteiger partial charge on any atom is 0.251 e. The number of nitrogens with one attached hydrogen (secondary N) is 2. The van der Waals surface area contributed by atoms with Gasteiger partial charge in [-0.25, -0.2) is 5.32 Å². The number of rotatable bonds is 2. The van der Waals surface area contributed by atoms with Crippen molar-refractivity contribution in [1.29, 1.82) is 0 Å². The zero-order chi connectivity index (χ0) is 8.97. The Morgan fingerprint density at radius 3 is 2.83 bits per heavy atom. The van der Waals surface area contributed by atoms with Crippen molar-refractivity contribution < 1.29 is 4.58 Å². The van der Waals surface area contributed by atoms with E-state index < -0.39 is 0 Å². The second-order valence-corrected chi connectivity index (χ2v) is 2.67. The number of hydrogen-bond donors (Lipinski definition) is 2. The number of aromatic amines is 1. The molecule has 2 N–H and O–H groups in total. The Balaban J connectivity index is 2.77. The first-order valence-electron chi connectivity index (χ1n) is 3.64. The molecule has 1 aromatic rings. The number of aromatic nitrogens is 1. The molecule has 0 atom stereocenters. The van der Waals surface area contributed by atoms with Crippen molar-refractivity contribution in [3.05, 3.63) is 28.6 Å². The normalized spacial score (nSPS) is 9.17. The number of nitrogens with zero attached hydrogens (tertiary/aromatic N) is 1. The van der Waals surface area contributed by atoms with Crippen LogP contribution >= 0.6 is 0 Å². The molecule has 4 nitrogen and oxygen atoms in total. The lowest BCUT2D eigenvalue weighted by molar-refractivity contribution is -0.459. The van der Waals surface area contributed by atoms with E-state index in [2.05, 4.69) is 10.3 Å². The lowest BCUT2D eigenvalue weighted by Gasteiger charge is -1.93. The summed E-state index contributed by atoms with van der Waals surface area (Å²) < 4.78 is 1.85. The molecule has 0 aliphatic carbocycles. The Hall–Kier alpha value is -1.58. The van der Waals surface area contributed by atoms with Crippen LogP contribution in [-0.2, 0) is 0 Å². The fraction of sp³-hybridized carbons (Fsp3) is 0.250. The molecule has 0 aliphatic heterocycles. The average molecular weight is 166 g/mol. The molecule has 0 aliphatic rings. The molecular formula is C8H12N3O+. The van der Waals surface area contributed by atoms with Gasteiger partial charge < -0.3 is 0 Å². The Bertz CT molecular complexity index is 336. The van der Waals surface area contributed by atoms with E-state index in [0.717, 1.165) is 0 Å². The van der Waals surface area contributed by atoms with E-state index in [1.54, 1.807) is 18.5 Å². The van der Waals surface area contributed by atoms with Gasteiger partial charge in [0.1, 0.15) is 0 Å². The first-order chi connectivity index (χ1) is 5.68. The molecule has 1 aromatic heterocycles. The monoisotopic (exact) mass is 166 g/mol. The van der Waals surface area contributed by atoms with E-state index in [1.807, 2.05) is 18.7 Å². The van der Waals surface area contributed by atoms with E-state index in [-0.39, 0.29) is 5.56 Å². The maximum absolute atomic E-state index is 10.8. The Morgan fingerprint density at radius 2 is 2.25 bits per heavy atom. The van der Waals surface area contributed by atoms with Gasteiger partial charge in [0.15, 0.2) is 5.82 Å². The minimum absolute atomic E-state index is 0.104. The molecule has 1 heterocycles. The highest BCUT2D eigenvalue weighted by Gasteiger charge is 1.93. The van der Waals surface area contributed by atoms with E-state index in [4.69, 9.17) is 0 Å². The van der Waals surface area contributed by atoms with Crippen LogP contribution in [0.15, 0.2) is 23.0 Å². The third-order valence-electron chi connectivity index (χ3n) is 1.25. The van der Waals surface area contributed by atoms with Crippen molar-refractivity contribution in [1.82, 2.24) is 4.98 Å². The molecule has 0 saturated heterocycles. The summed E-state index contributed by atoms with van der Waals surface area (Å²) in [5.41, 5.74) is -0.104. The summed E-state index contributed by atoms with van der Waals surface area (Å²) in [7, 11) is 3.79. The highest BCUT2D eigenvalue weighted by Crippen LogP contribution is 1.93. The fourth-order valence-corrected chi connectivity index (χ4v) is 0.731. The SMILES string of the molecule is C[N+](C)=CNc1cccc(=O)[nH]1. The molecule has 12 heavy (non-hydrogen) atoms. The van der Waals surface area contributed by atoms with E-state index in [1.165, 1.54) is 6.07 Å². The molecule has 0 aromatic carbocycles. The number of pyridine rings is 1. The van der Waals surface area contributed by atoms with Crippen LogP contribution in [0.4, 0.5) is 5.82 Å². The molecular weight excluding hydrogens is 154 g/mol. The third-order valence-corrected chi connectivity index (χ3v) is 1.25. The lowest BCUT2D eigenvalue weighted by atomic mass is 10.5. The van der Waals surface area contributed by atoms with Crippen molar-refractivity contribution in [2.24, 2.45) is 0 Å². The van der Waals surface area contributed by atoms with Crippen molar-refractivity contribution >= 4 is 12.2 Å². The van der Waals surface area contributed by atoms with Gasteiger partial charge in [0.2, 0.25) is 6.34 Å². The Morgan fingerprint density at radius 1 is 1.50 bits per heavy atom. The van der Waals surface area contributed by atoms with Crippen molar-refractivity contribution in [2.45, 2.75) is 0 Å². The second-order valence-electron chi connectivity index (χ2n) is 2.67. The molecule has 0 fully saturated rings. The van der Waals surface area contributed by atoms with Crippen molar-refractivity contribution in [2.75, 3.05) is 19.4 Å². The summed E-state index contributed by atoms with van der Waals surface area (Å²) in [6.45, 7) is 0. The molecule has 0 unspecified atom stereocenters. The number of hydrogen-bond acceptors (Lipinski definition) is 1. The summed E-state index contributed by atoms with van der Waals surface area (Å²) in [4.78, 5) is 13.4. The largest absolute Gasteiger partial charge is 0.289 e. The highest BCUT2D eigenvalue weighted by atomic mass is 16.1. The molecule has 0 bridgehead atoms. The minimum atomic E-state index is -0.104. The fourth-order valence-electron chi connectivity index (χ4n) is 0.731. The molecule has 0 radical (unpaired) electrons. The predicted molar refractivity (Wildman–Crippen MR) is 48.9 cm³/mol. The molecule has 0 saturated carbocycles. The summed E-state index contributed by atoms with van der Waals surface area (Å²) in [5, 5.41) is 2.93. The standard InChI is InChI=1S/C8H11N3O/c1-11(2)6-9-7-4-3-5-8(12)10-7/h3-6H,1-2H3,(H,10,12)/p+1. The predicted octanol–water partition coefficient (Wildman–Crippen LogP) is 0.0872. The second kappa shape index (κ2) is 3.71. The van der Waals surface area contributed by atoms with Crippen LogP contribution < -0.4 is 10.9 Å². The number of anilines is 1. The lowest BCUT2D eigenvalue weighted by Crippen LogP contribution is -2.11. The quantitative estimate of drug-likeness (QED) is 0.371. The van der Waals surface area contributed by atoms with E-state index in [0.29, 0.717) is 5.82 Å². The van der Waals surface area contributed by atoms with Crippen LogP contribution in [0.25, 0.3) is 0 Å². The first kappa shape index (κ1) is 8.52. The molecule has 1 rings (SSSR count). The zero-order valence-electron chi connectivity index (χ0n) is 7.16. The van der Waals surface area contributed by atoms with Gasteiger partial charge in [0, 0.05) is 12.1 Å². The van der Waals surface area contributed by atoms with Gasteiger partial charge in [-0.1, -0.05) is 6.07 Å². The molecule has 64 valence electrons.